The van der Waals surface area contributed by atoms with Crippen LogP contribution in [-0.4, -0.2) is 43.3 Å². The second kappa shape index (κ2) is 6.03. The summed E-state index contributed by atoms with van der Waals surface area (Å²) in [6, 6.07) is 4.08. The number of carbonyl (C=O) groups is 2. The lowest BCUT2D eigenvalue weighted by Gasteiger charge is -2.34. The Hall–Kier alpha value is -2.60. The van der Waals surface area contributed by atoms with Crippen LogP contribution in [0.2, 0.25) is 0 Å². The SMILES string of the molecule is [N-]=[N+]=Nc1ccc(N2CCN(CC=O)C(=O)C2)c(F)c1. The molecule has 2 rings (SSSR count). The summed E-state index contributed by atoms with van der Waals surface area (Å²) in [6.07, 6.45) is 0.669. The van der Waals surface area contributed by atoms with Crippen LogP contribution in [0, 0.1) is 5.82 Å². The molecule has 1 aromatic carbocycles. The van der Waals surface area contributed by atoms with E-state index in [9.17, 15) is 14.0 Å². The monoisotopic (exact) mass is 277 g/mol. The lowest BCUT2D eigenvalue weighted by Crippen LogP contribution is -2.51. The second-order valence-corrected chi connectivity index (χ2v) is 4.25. The summed E-state index contributed by atoms with van der Waals surface area (Å²) < 4.78 is 13.9. The van der Waals surface area contributed by atoms with Crippen LogP contribution in [0.1, 0.15) is 0 Å². The number of hydrogen-bond acceptors (Lipinski definition) is 4. The predicted octanol–water partition coefficient (Wildman–Crippen LogP) is 1.61. The Labute approximate surface area is 114 Å². The molecule has 20 heavy (non-hydrogen) atoms. The molecule has 8 heteroatoms. The third kappa shape index (κ3) is 2.86. The van der Waals surface area contributed by atoms with E-state index in [1.807, 2.05) is 0 Å². The summed E-state index contributed by atoms with van der Waals surface area (Å²) in [7, 11) is 0. The highest BCUT2D eigenvalue weighted by molar-refractivity contribution is 5.84. The number of aldehydes is 1. The summed E-state index contributed by atoms with van der Waals surface area (Å²) in [4.78, 5) is 27.8. The molecule has 104 valence electrons. The van der Waals surface area contributed by atoms with Crippen LogP contribution in [-0.2, 0) is 9.59 Å². The van der Waals surface area contributed by atoms with Gasteiger partial charge in [0, 0.05) is 23.7 Å². The zero-order valence-corrected chi connectivity index (χ0v) is 10.6. The molecular weight excluding hydrogens is 265 g/mol. The molecular formula is C12H12FN5O2. The smallest absolute Gasteiger partial charge is 0.242 e. The molecule has 7 nitrogen and oxygen atoms in total. The molecule has 0 atom stereocenters. The van der Waals surface area contributed by atoms with Gasteiger partial charge in [0.1, 0.15) is 12.1 Å². The van der Waals surface area contributed by atoms with Gasteiger partial charge in [-0.25, -0.2) is 4.39 Å². The predicted molar refractivity (Wildman–Crippen MR) is 70.1 cm³/mol. The Morgan fingerprint density at radius 1 is 1.45 bits per heavy atom. The number of azide groups is 1. The Bertz CT molecular complexity index is 585. The average molecular weight is 277 g/mol. The third-order valence-electron chi connectivity index (χ3n) is 3.05. The maximum absolute atomic E-state index is 13.9. The first-order valence-corrected chi connectivity index (χ1v) is 5.96. The zero-order chi connectivity index (χ0) is 14.5. The number of nitrogens with zero attached hydrogens (tertiary/aromatic N) is 5. The Kier molecular flexibility index (Phi) is 4.17. The van der Waals surface area contributed by atoms with Gasteiger partial charge >= 0.3 is 0 Å². The number of benzene rings is 1. The van der Waals surface area contributed by atoms with Gasteiger partial charge in [-0.15, -0.1) is 0 Å². The van der Waals surface area contributed by atoms with Gasteiger partial charge in [-0.05, 0) is 17.7 Å². The summed E-state index contributed by atoms with van der Waals surface area (Å²) in [5, 5.41) is 3.31. The highest BCUT2D eigenvalue weighted by Gasteiger charge is 2.25. The van der Waals surface area contributed by atoms with Crippen molar-refractivity contribution in [1.82, 2.24) is 4.90 Å². The molecule has 0 aromatic heterocycles. The average Bonchev–Trinajstić information content (AvgIpc) is 2.42. The van der Waals surface area contributed by atoms with Gasteiger partial charge in [0.2, 0.25) is 5.91 Å². The van der Waals surface area contributed by atoms with E-state index in [0.717, 1.165) is 6.07 Å². The number of rotatable bonds is 4. The van der Waals surface area contributed by atoms with Crippen LogP contribution in [0.4, 0.5) is 15.8 Å². The summed E-state index contributed by atoms with van der Waals surface area (Å²) in [5.41, 5.74) is 8.75. The first-order chi connectivity index (χ1) is 9.65. The molecule has 1 aromatic rings. The van der Waals surface area contributed by atoms with Gasteiger partial charge in [-0.2, -0.15) is 0 Å². The van der Waals surface area contributed by atoms with E-state index in [0.29, 0.717) is 19.4 Å². The molecule has 0 unspecified atom stereocenters. The lowest BCUT2D eigenvalue weighted by molar-refractivity contribution is -0.132. The summed E-state index contributed by atoms with van der Waals surface area (Å²) in [5.74, 6) is -0.770. The zero-order valence-electron chi connectivity index (χ0n) is 10.6. The molecule has 1 saturated heterocycles. The number of hydrogen-bond donors (Lipinski definition) is 0. The van der Waals surface area contributed by atoms with Crippen LogP contribution in [0.25, 0.3) is 10.4 Å². The summed E-state index contributed by atoms with van der Waals surface area (Å²) in [6.45, 7) is 0.892. The quantitative estimate of drug-likeness (QED) is 0.362. The lowest BCUT2D eigenvalue weighted by atomic mass is 10.2. The van der Waals surface area contributed by atoms with Crippen molar-refractivity contribution >= 4 is 23.6 Å². The van der Waals surface area contributed by atoms with Crippen molar-refractivity contribution in [3.63, 3.8) is 0 Å². The number of carbonyl (C=O) groups excluding carboxylic acids is 2. The Balaban J connectivity index is 2.15. The van der Waals surface area contributed by atoms with E-state index in [2.05, 4.69) is 10.0 Å². The minimum absolute atomic E-state index is 0.0195. The van der Waals surface area contributed by atoms with Crippen molar-refractivity contribution in [3.05, 3.63) is 34.5 Å². The fraction of sp³-hybridized carbons (Fsp3) is 0.333. The number of halogens is 1. The molecule has 0 N–H and O–H groups in total. The number of piperazine rings is 1. The summed E-state index contributed by atoms with van der Waals surface area (Å²) >= 11 is 0. The molecule has 1 heterocycles. The van der Waals surface area contributed by atoms with Crippen LogP contribution in [0.3, 0.4) is 0 Å². The van der Waals surface area contributed by atoms with Crippen LogP contribution in [0.15, 0.2) is 23.3 Å². The van der Waals surface area contributed by atoms with E-state index in [4.69, 9.17) is 5.53 Å². The number of amides is 1. The largest absolute Gasteiger partial charge is 0.358 e. The van der Waals surface area contributed by atoms with E-state index < -0.39 is 5.82 Å². The second-order valence-electron chi connectivity index (χ2n) is 4.25. The molecule has 1 fully saturated rings. The van der Waals surface area contributed by atoms with E-state index in [1.54, 1.807) is 4.90 Å². The first kappa shape index (κ1) is 13.8. The van der Waals surface area contributed by atoms with Gasteiger partial charge in [0.25, 0.3) is 0 Å². The Morgan fingerprint density at radius 3 is 2.85 bits per heavy atom. The van der Waals surface area contributed by atoms with E-state index in [1.165, 1.54) is 17.0 Å². The van der Waals surface area contributed by atoms with Crippen molar-refractivity contribution in [2.45, 2.75) is 0 Å². The van der Waals surface area contributed by atoms with Crippen LogP contribution >= 0.6 is 0 Å². The molecule has 0 saturated carbocycles. The Morgan fingerprint density at radius 2 is 2.25 bits per heavy atom. The molecule has 0 radical (unpaired) electrons. The molecule has 1 amide bonds. The fourth-order valence-electron chi connectivity index (χ4n) is 2.06. The van der Waals surface area contributed by atoms with Crippen LogP contribution in [0.5, 0.6) is 0 Å². The van der Waals surface area contributed by atoms with Gasteiger partial charge in [-0.1, -0.05) is 11.2 Å². The maximum Gasteiger partial charge on any atom is 0.242 e. The molecule has 0 spiro atoms. The molecule has 1 aliphatic heterocycles. The number of anilines is 1. The topological polar surface area (TPSA) is 89.4 Å². The molecule has 1 aliphatic rings. The van der Waals surface area contributed by atoms with Crippen molar-refractivity contribution < 1.29 is 14.0 Å². The van der Waals surface area contributed by atoms with Crippen molar-refractivity contribution in [1.29, 1.82) is 0 Å². The molecule has 0 aliphatic carbocycles. The van der Waals surface area contributed by atoms with Gasteiger partial charge in [0.05, 0.1) is 18.8 Å². The highest BCUT2D eigenvalue weighted by atomic mass is 19.1. The van der Waals surface area contributed by atoms with E-state index >= 15 is 0 Å². The highest BCUT2D eigenvalue weighted by Crippen LogP contribution is 2.25. The van der Waals surface area contributed by atoms with Crippen molar-refractivity contribution in [3.8, 4) is 0 Å². The molecule has 0 bridgehead atoms. The van der Waals surface area contributed by atoms with Gasteiger partial charge in [0.15, 0.2) is 0 Å². The van der Waals surface area contributed by atoms with Crippen molar-refractivity contribution in [2.75, 3.05) is 31.1 Å². The standard InChI is InChI=1S/C12H12FN5O2/c13-10-7-9(15-16-14)1-2-11(10)18-4-3-17(5-6-19)12(20)8-18/h1-2,6-7H,3-5,8H2. The minimum Gasteiger partial charge on any atom is -0.358 e. The van der Waals surface area contributed by atoms with E-state index in [-0.39, 0.29) is 30.4 Å². The van der Waals surface area contributed by atoms with Gasteiger partial charge in [-0.3, -0.25) is 4.79 Å². The van der Waals surface area contributed by atoms with Crippen LogP contribution < -0.4 is 4.90 Å². The normalized spacial score (nSPS) is 14.9. The van der Waals surface area contributed by atoms with Gasteiger partial charge < -0.3 is 14.6 Å². The maximum atomic E-state index is 13.9. The fourth-order valence-corrected chi connectivity index (χ4v) is 2.06. The minimum atomic E-state index is -0.550. The van der Waals surface area contributed by atoms with Crippen molar-refractivity contribution in [2.24, 2.45) is 5.11 Å². The third-order valence-corrected chi connectivity index (χ3v) is 3.05. The first-order valence-electron chi connectivity index (χ1n) is 5.96.